The molecule has 0 N–H and O–H groups in total. The first-order valence-electron chi connectivity index (χ1n) is 8.15. The molecule has 0 saturated heterocycles. The molecule has 0 amide bonds. The van der Waals surface area contributed by atoms with E-state index >= 15 is 0 Å². The maximum atomic E-state index is 13.7. The number of rotatable bonds is 9. The van der Waals surface area contributed by atoms with Crippen LogP contribution in [0.1, 0.15) is 0 Å². The van der Waals surface area contributed by atoms with Gasteiger partial charge in [0.05, 0.1) is 4.90 Å². The van der Waals surface area contributed by atoms with Crippen LogP contribution in [0.15, 0.2) is 40.8 Å². The molecule has 0 saturated carbocycles. The van der Waals surface area contributed by atoms with Gasteiger partial charge in [-0.2, -0.15) is 65.9 Å². The quantitative estimate of drug-likeness (QED) is 0.235. The third-order valence-electron chi connectivity index (χ3n) is 4.01. The molecule has 0 unspecified atom stereocenters. The van der Waals surface area contributed by atoms with Gasteiger partial charge in [0.15, 0.2) is 0 Å². The molecule has 1 rings (SSSR count). The Bertz CT molecular complexity index is 1140. The summed E-state index contributed by atoms with van der Waals surface area (Å²) < 4.78 is 258. The minimum Gasteiger partial charge on any atom is -0.744 e. The maximum Gasteiger partial charge on any atom is 1.00 e. The Balaban J connectivity index is 0.0000137. The molecule has 23 heteroatoms. The van der Waals surface area contributed by atoms with Crippen molar-refractivity contribution in [1.82, 2.24) is 0 Å². The molecule has 0 heterocycles. The Kier molecular flexibility index (Phi) is 10.6. The Morgan fingerprint density at radius 1 is 0.632 bits per heavy atom. The van der Waals surface area contributed by atoms with Crippen LogP contribution in [0.5, 0.6) is 5.75 Å². The zero-order valence-electron chi connectivity index (χ0n) is 17.3. The van der Waals surface area contributed by atoms with Crippen molar-refractivity contribution in [2.45, 2.75) is 46.8 Å². The van der Waals surface area contributed by atoms with Crippen LogP contribution in [0.3, 0.4) is 0 Å². The van der Waals surface area contributed by atoms with Crippen LogP contribution in [0.2, 0.25) is 0 Å². The van der Waals surface area contributed by atoms with Crippen molar-refractivity contribution >= 4 is 10.1 Å². The molecule has 0 aliphatic carbocycles. The predicted octanol–water partition coefficient (Wildman–Crippen LogP) is 3.46. The molecule has 0 fully saturated rings. The normalized spacial score (nSPS) is 15.5. The van der Waals surface area contributed by atoms with Crippen molar-refractivity contribution in [3.8, 4) is 5.75 Å². The van der Waals surface area contributed by atoms with E-state index in [2.05, 4.69) is 4.74 Å². The molecule has 0 bridgehead atoms. The summed E-state index contributed by atoms with van der Waals surface area (Å²) in [5.41, 5.74) is 0. The minimum absolute atomic E-state index is 0. The number of alkyl halides is 15. The summed E-state index contributed by atoms with van der Waals surface area (Å²) in [7, 11) is -5.28. The zero-order valence-corrected chi connectivity index (χ0v) is 21.2. The second-order valence-electron chi connectivity index (χ2n) is 6.54. The fraction of sp³-hybridized carbons (Fsp3) is 0.467. The monoisotopic (exact) mass is 642 g/mol. The van der Waals surface area contributed by atoms with Gasteiger partial charge in [0, 0.05) is 0 Å². The van der Waals surface area contributed by atoms with Crippen LogP contribution in [-0.4, -0.2) is 54.9 Å². The first-order valence-corrected chi connectivity index (χ1v) is 9.55. The first-order chi connectivity index (χ1) is 16.0. The van der Waals surface area contributed by atoms with E-state index in [1.54, 1.807) is 0 Å². The number of hydrogen-bond acceptors (Lipinski definition) is 4. The van der Waals surface area contributed by atoms with E-state index in [9.17, 15) is 87.6 Å². The van der Waals surface area contributed by atoms with Crippen LogP contribution in [0.4, 0.5) is 74.6 Å². The van der Waals surface area contributed by atoms with Gasteiger partial charge in [-0.25, -0.2) is 17.2 Å². The Morgan fingerprint density at radius 3 is 1.34 bits per heavy atom. The predicted molar refractivity (Wildman–Crippen MR) is 80.0 cm³/mol. The van der Waals surface area contributed by atoms with Gasteiger partial charge in [0.25, 0.3) is 0 Å². The average Bonchev–Trinajstić information content (AvgIpc) is 2.70. The van der Waals surface area contributed by atoms with E-state index in [1.165, 1.54) is 0 Å². The molecular weight excluding hydrogens is 638 g/mol. The molecule has 0 spiro atoms. The van der Waals surface area contributed by atoms with E-state index in [0.29, 0.717) is 0 Å². The van der Waals surface area contributed by atoms with Gasteiger partial charge >= 0.3 is 93.3 Å². The van der Waals surface area contributed by atoms with Crippen molar-refractivity contribution in [3.63, 3.8) is 0 Å². The smallest absolute Gasteiger partial charge is 0.744 e. The molecule has 214 valence electrons. The SMILES string of the molecule is O=S(=O)([O-])c1ccc(OC(F)(F)C(F)(F)/C(F)=C(\F)C(F)(F)C(F)(F)C(F)(F)C(F)(F)C(F)(F)F)cc1.[K+]. The first kappa shape index (κ1) is 37.1. The molecule has 0 aliphatic heterocycles. The second-order valence-corrected chi connectivity index (χ2v) is 7.92. The van der Waals surface area contributed by atoms with Crippen LogP contribution in [0, 0.1) is 0 Å². The van der Waals surface area contributed by atoms with Crippen molar-refractivity contribution < 1.29 is 144 Å². The summed E-state index contributed by atoms with van der Waals surface area (Å²) in [6.45, 7) is 0. The molecule has 0 aliphatic rings. The second kappa shape index (κ2) is 10.8. The molecule has 38 heavy (non-hydrogen) atoms. The van der Waals surface area contributed by atoms with Gasteiger partial charge < -0.3 is 9.29 Å². The van der Waals surface area contributed by atoms with Gasteiger partial charge in [-0.05, 0) is 24.3 Å². The van der Waals surface area contributed by atoms with E-state index in [0.717, 1.165) is 0 Å². The summed E-state index contributed by atoms with van der Waals surface area (Å²) in [6, 6.07) is 0.122. The number of halogens is 17. The third kappa shape index (κ3) is 6.21. The van der Waals surface area contributed by atoms with E-state index in [1.807, 2.05) is 0 Å². The number of benzene rings is 1. The Morgan fingerprint density at radius 2 is 1.00 bits per heavy atom. The van der Waals surface area contributed by atoms with Gasteiger partial charge in [-0.3, -0.25) is 0 Å². The zero-order chi connectivity index (χ0) is 29.8. The summed E-state index contributed by atoms with van der Waals surface area (Å²) in [4.78, 5) is -1.22. The standard InChI is InChI=1S/C15H5F17O4S.K/c16-7(9(18,19)11(22,23)12(24,25)13(26,27)14(28,29)30)8(17)10(20,21)15(31,32)36-5-1-3-6(4-2-5)37(33,34)35;/h1-4H,(H,33,34,35);/q;+1/p-1/b8-7+;. The maximum absolute atomic E-state index is 13.7. The van der Waals surface area contributed by atoms with Crippen LogP contribution < -0.4 is 56.1 Å². The van der Waals surface area contributed by atoms with E-state index in [-0.39, 0.29) is 75.7 Å². The van der Waals surface area contributed by atoms with Crippen LogP contribution >= 0.6 is 0 Å². The summed E-state index contributed by atoms with van der Waals surface area (Å²) >= 11 is 0. The molecule has 0 aromatic heterocycles. The molecule has 0 atom stereocenters. The topological polar surface area (TPSA) is 66.4 Å². The van der Waals surface area contributed by atoms with Crippen molar-refractivity contribution in [3.05, 3.63) is 35.9 Å². The third-order valence-corrected chi connectivity index (χ3v) is 4.86. The van der Waals surface area contributed by atoms with Crippen LogP contribution in [-0.2, 0) is 10.1 Å². The van der Waals surface area contributed by atoms with Crippen molar-refractivity contribution in [1.29, 1.82) is 0 Å². The van der Waals surface area contributed by atoms with Gasteiger partial charge in [0.1, 0.15) is 15.9 Å². The molecule has 0 radical (unpaired) electrons. The number of allylic oxidation sites excluding steroid dienone is 1. The van der Waals surface area contributed by atoms with Gasteiger partial charge in [-0.15, -0.1) is 0 Å². The number of hydrogen-bond donors (Lipinski definition) is 0. The minimum atomic E-state index is -8.38. The van der Waals surface area contributed by atoms with E-state index < -0.39 is 74.3 Å². The fourth-order valence-electron chi connectivity index (χ4n) is 2.00. The summed E-state index contributed by atoms with van der Waals surface area (Å²) in [5.74, 6) is -52.2. The van der Waals surface area contributed by atoms with Crippen molar-refractivity contribution in [2.24, 2.45) is 0 Å². The fourth-order valence-corrected chi connectivity index (χ4v) is 2.47. The molecule has 4 nitrogen and oxygen atoms in total. The van der Waals surface area contributed by atoms with Crippen LogP contribution in [0.25, 0.3) is 0 Å². The summed E-state index contributed by atoms with van der Waals surface area (Å²) in [5, 5.41) is 0. The average molecular weight is 642 g/mol. The largest absolute Gasteiger partial charge is 1.00 e. The summed E-state index contributed by atoms with van der Waals surface area (Å²) in [6.07, 6.45) is -14.4. The Labute approximate surface area is 241 Å². The molecule has 1 aromatic carbocycles. The van der Waals surface area contributed by atoms with E-state index in [4.69, 9.17) is 0 Å². The molecular formula is C15H4F17KO4S. The van der Waals surface area contributed by atoms with Gasteiger partial charge in [0.2, 0.25) is 11.7 Å². The number of ether oxygens (including phenoxy) is 1. The Hall–Kier alpha value is -0.884. The van der Waals surface area contributed by atoms with Gasteiger partial charge in [-0.1, -0.05) is 0 Å². The van der Waals surface area contributed by atoms with Crippen molar-refractivity contribution in [2.75, 3.05) is 0 Å². The molecule has 1 aromatic rings.